The van der Waals surface area contributed by atoms with Crippen LogP contribution in [0.5, 0.6) is 0 Å². The maximum atomic E-state index is 6.46. The van der Waals surface area contributed by atoms with E-state index in [1.165, 1.54) is 99.4 Å². The first-order valence-corrected chi connectivity index (χ1v) is 23.3. The molecule has 3 nitrogen and oxygen atoms in total. The zero-order valence-corrected chi connectivity index (χ0v) is 38.0. The Hall–Kier alpha value is -7.62. The summed E-state index contributed by atoms with van der Waals surface area (Å²) < 4.78 is 12.9. The Morgan fingerprint density at radius 3 is 1.27 bits per heavy atom. The smallest absolute Gasteiger partial charge is 0.135 e. The van der Waals surface area contributed by atoms with E-state index in [0.29, 0.717) is 0 Å². The number of benzene rings is 9. The topological polar surface area (TPSA) is 29.5 Å². The minimum atomic E-state index is -0.281. The quantitative estimate of drug-likeness (QED) is 0.177. The summed E-state index contributed by atoms with van der Waals surface area (Å²) in [7, 11) is 0. The normalized spacial score (nSPS) is 15.5. The maximum Gasteiger partial charge on any atom is 0.135 e. The van der Waals surface area contributed by atoms with Crippen LogP contribution in [0.25, 0.3) is 88.4 Å². The second-order valence-electron chi connectivity index (χ2n) is 20.4. The van der Waals surface area contributed by atoms with Crippen molar-refractivity contribution >= 4 is 60.9 Å². The Kier molecular flexibility index (Phi) is 7.32. The Bertz CT molecular complexity index is 3730. The summed E-state index contributed by atoms with van der Waals surface area (Å²) in [4.78, 5) is 2.51. The van der Waals surface area contributed by atoms with Crippen molar-refractivity contribution in [1.29, 1.82) is 0 Å². The van der Waals surface area contributed by atoms with Crippen LogP contribution >= 0.6 is 0 Å². The van der Waals surface area contributed by atoms with Crippen molar-refractivity contribution in [2.75, 3.05) is 4.90 Å². The van der Waals surface area contributed by atoms with Crippen molar-refractivity contribution < 1.29 is 8.83 Å². The van der Waals surface area contributed by atoms with E-state index in [-0.39, 0.29) is 16.2 Å². The molecule has 0 amide bonds. The van der Waals surface area contributed by atoms with Crippen molar-refractivity contribution in [3.05, 3.63) is 209 Å². The number of fused-ring (bicyclic) bond motifs is 17. The van der Waals surface area contributed by atoms with E-state index in [2.05, 4.69) is 222 Å². The van der Waals surface area contributed by atoms with Gasteiger partial charge >= 0.3 is 0 Å². The lowest BCUT2D eigenvalue weighted by Crippen LogP contribution is -2.19. The summed E-state index contributed by atoms with van der Waals surface area (Å²) >= 11 is 0. The number of hydrogen-bond donors (Lipinski definition) is 0. The SMILES string of the molecule is CC1(C)c2ccc(-c3ccccc3)cc2-c2ccc(N(c3ccc4c(c3)C(C)(C)c3c-4ccc4oc5ccccc5c34)c3ccc4c(c3)C(C)(C)c3c-4ccc4oc5ccccc5c34)cc21. The van der Waals surface area contributed by atoms with Crippen LogP contribution in [0.1, 0.15) is 74.9 Å². The third-order valence-electron chi connectivity index (χ3n) is 15.8. The molecule has 11 aromatic rings. The fourth-order valence-electron chi connectivity index (χ4n) is 12.6. The second kappa shape index (κ2) is 12.8. The fourth-order valence-corrected chi connectivity index (χ4v) is 12.6. The van der Waals surface area contributed by atoms with Crippen LogP contribution in [0.15, 0.2) is 185 Å². The number of para-hydroxylation sites is 2. The molecule has 66 heavy (non-hydrogen) atoms. The highest BCUT2D eigenvalue weighted by atomic mass is 16.3. The van der Waals surface area contributed by atoms with Crippen LogP contribution in [-0.2, 0) is 16.2 Å². The van der Waals surface area contributed by atoms with E-state index in [4.69, 9.17) is 8.83 Å². The second-order valence-corrected chi connectivity index (χ2v) is 20.4. The zero-order valence-electron chi connectivity index (χ0n) is 38.0. The van der Waals surface area contributed by atoms with Gasteiger partial charge in [0.1, 0.15) is 22.3 Å². The van der Waals surface area contributed by atoms with Gasteiger partial charge in [-0.25, -0.2) is 0 Å². The summed E-state index contributed by atoms with van der Waals surface area (Å²) in [5.41, 5.74) is 24.7. The minimum Gasteiger partial charge on any atom is -0.456 e. The van der Waals surface area contributed by atoms with Crippen molar-refractivity contribution in [3.63, 3.8) is 0 Å². The standard InChI is InChI=1S/C63H47NO2/c1-61(2)49-29-20-37(36-14-8-7-9-15-36)32-48(49)43-26-23-38(33-50(43)61)64(39-21-24-41-44-27-30-55-57(46-16-10-12-18-53(46)65-55)59(44)62(3,4)51(41)34-39)40-22-25-42-45-28-31-56-58(47-17-11-13-19-54(47)66-56)60(45)63(5,6)52(42)35-40/h7-35H,1-6H3. The molecule has 0 saturated heterocycles. The molecule has 0 unspecified atom stereocenters. The van der Waals surface area contributed by atoms with E-state index in [0.717, 1.165) is 39.4 Å². The van der Waals surface area contributed by atoms with Gasteiger partial charge in [0.2, 0.25) is 0 Å². The molecule has 0 N–H and O–H groups in total. The highest BCUT2D eigenvalue weighted by molar-refractivity contribution is 6.12. The minimum absolute atomic E-state index is 0.192. The molecule has 2 aromatic heterocycles. The molecule has 0 atom stereocenters. The number of hydrogen-bond acceptors (Lipinski definition) is 3. The molecular weight excluding hydrogens is 803 g/mol. The number of anilines is 3. The van der Waals surface area contributed by atoms with Gasteiger partial charge in [0.15, 0.2) is 0 Å². The highest BCUT2D eigenvalue weighted by Crippen LogP contribution is 2.58. The fraction of sp³-hybridized carbons (Fsp3) is 0.143. The molecule has 0 bridgehead atoms. The van der Waals surface area contributed by atoms with E-state index in [1.807, 2.05) is 0 Å². The van der Waals surface area contributed by atoms with Gasteiger partial charge in [-0.05, 0) is 145 Å². The molecule has 3 heteroatoms. The summed E-state index contributed by atoms with van der Waals surface area (Å²) in [6, 6.07) is 65.2. The van der Waals surface area contributed by atoms with Crippen LogP contribution < -0.4 is 4.90 Å². The van der Waals surface area contributed by atoms with Crippen LogP contribution in [0, 0.1) is 0 Å². The molecule has 0 saturated carbocycles. The summed E-state index contributed by atoms with van der Waals surface area (Å²) in [6.07, 6.45) is 0. The van der Waals surface area contributed by atoms with Crippen molar-refractivity contribution in [1.82, 2.24) is 0 Å². The number of rotatable bonds is 4. The van der Waals surface area contributed by atoms with E-state index >= 15 is 0 Å². The van der Waals surface area contributed by atoms with Crippen LogP contribution in [0.3, 0.4) is 0 Å². The summed E-state index contributed by atoms with van der Waals surface area (Å²) in [5, 5.41) is 4.79. The Morgan fingerprint density at radius 1 is 0.318 bits per heavy atom. The highest BCUT2D eigenvalue weighted by Gasteiger charge is 2.42. The molecule has 14 rings (SSSR count). The molecule has 0 aliphatic heterocycles. The van der Waals surface area contributed by atoms with Gasteiger partial charge in [0, 0.05) is 54.9 Å². The first kappa shape index (κ1) is 37.7. The summed E-state index contributed by atoms with van der Waals surface area (Å²) in [5.74, 6) is 0. The van der Waals surface area contributed by atoms with Gasteiger partial charge in [0.05, 0.1) is 0 Å². The van der Waals surface area contributed by atoms with E-state index in [9.17, 15) is 0 Å². The molecule has 0 spiro atoms. The predicted octanol–water partition coefficient (Wildman–Crippen LogP) is 17.5. The van der Waals surface area contributed by atoms with Crippen LogP contribution in [0.2, 0.25) is 0 Å². The Morgan fingerprint density at radius 2 is 0.758 bits per heavy atom. The lowest BCUT2D eigenvalue weighted by molar-refractivity contribution is 0.656. The molecule has 3 aliphatic carbocycles. The van der Waals surface area contributed by atoms with E-state index < -0.39 is 0 Å². The average Bonchev–Trinajstić information content (AvgIpc) is 4.08. The Balaban J connectivity index is 0.963. The third-order valence-corrected chi connectivity index (χ3v) is 15.8. The molecule has 316 valence electrons. The van der Waals surface area contributed by atoms with Crippen molar-refractivity contribution in [2.24, 2.45) is 0 Å². The maximum absolute atomic E-state index is 6.46. The predicted molar refractivity (Wildman–Crippen MR) is 274 cm³/mol. The monoisotopic (exact) mass is 849 g/mol. The molecule has 0 fully saturated rings. The van der Waals surface area contributed by atoms with Gasteiger partial charge in [-0.15, -0.1) is 0 Å². The zero-order chi connectivity index (χ0) is 44.4. The van der Waals surface area contributed by atoms with Gasteiger partial charge in [-0.2, -0.15) is 0 Å². The Labute approximate surface area is 384 Å². The largest absolute Gasteiger partial charge is 0.456 e. The average molecular weight is 850 g/mol. The summed E-state index contributed by atoms with van der Waals surface area (Å²) in [6.45, 7) is 14.3. The molecule has 0 radical (unpaired) electrons. The number of furan rings is 2. The van der Waals surface area contributed by atoms with Gasteiger partial charge in [-0.3, -0.25) is 0 Å². The van der Waals surface area contributed by atoms with Crippen molar-refractivity contribution in [3.8, 4) is 44.5 Å². The van der Waals surface area contributed by atoms with Crippen LogP contribution in [0.4, 0.5) is 17.1 Å². The third kappa shape index (κ3) is 4.87. The lowest BCUT2D eigenvalue weighted by Gasteiger charge is -2.31. The first-order chi connectivity index (χ1) is 32.0. The molecule has 9 aromatic carbocycles. The van der Waals surface area contributed by atoms with Crippen LogP contribution in [-0.4, -0.2) is 0 Å². The molecule has 3 aliphatic rings. The molecular formula is C63H47NO2. The van der Waals surface area contributed by atoms with Crippen molar-refractivity contribution in [2.45, 2.75) is 57.8 Å². The van der Waals surface area contributed by atoms with Gasteiger partial charge in [0.25, 0.3) is 0 Å². The van der Waals surface area contributed by atoms with Gasteiger partial charge < -0.3 is 13.7 Å². The van der Waals surface area contributed by atoms with Gasteiger partial charge in [-0.1, -0.05) is 151 Å². The first-order valence-electron chi connectivity index (χ1n) is 23.3. The molecule has 2 heterocycles. The lowest BCUT2D eigenvalue weighted by atomic mass is 9.80. The number of nitrogens with zero attached hydrogens (tertiary/aromatic N) is 1. The van der Waals surface area contributed by atoms with E-state index in [1.54, 1.807) is 0 Å².